The molecule has 0 bridgehead atoms. The fourth-order valence-corrected chi connectivity index (χ4v) is 3.36. The summed E-state index contributed by atoms with van der Waals surface area (Å²) in [5.74, 6) is 1.26. The van der Waals surface area contributed by atoms with Crippen LogP contribution in [0.15, 0.2) is 29.2 Å². The highest BCUT2D eigenvalue weighted by atomic mass is 32.2. The third kappa shape index (κ3) is 8.53. The van der Waals surface area contributed by atoms with Gasteiger partial charge in [-0.1, -0.05) is 64.0 Å². The Labute approximate surface area is 136 Å². The van der Waals surface area contributed by atoms with Crippen molar-refractivity contribution in [2.75, 3.05) is 12.8 Å². The summed E-state index contributed by atoms with van der Waals surface area (Å²) >= 11 is 2.00. The number of thioether (sulfide) groups is 1. The topological polar surface area (TPSA) is 12.0 Å². The fourth-order valence-electron chi connectivity index (χ4n) is 2.45. The molecule has 0 aliphatic heterocycles. The Morgan fingerprint density at radius 1 is 0.905 bits per heavy atom. The van der Waals surface area contributed by atoms with Gasteiger partial charge in [0.05, 0.1) is 0 Å². The number of hydrogen-bond donors (Lipinski definition) is 1. The number of benzene rings is 1. The van der Waals surface area contributed by atoms with E-state index in [1.54, 1.807) is 0 Å². The third-order valence-electron chi connectivity index (χ3n) is 4.08. The van der Waals surface area contributed by atoms with Crippen LogP contribution in [-0.2, 0) is 0 Å². The standard InChI is InChI=1S/C19H33NS/c1-4-5-6-7-8-9-10-11-16-21-19-14-12-18(13-15-19)17(2)20-3/h12-15,17,20H,4-11,16H2,1-3H3. The molecule has 1 N–H and O–H groups in total. The van der Waals surface area contributed by atoms with Gasteiger partial charge in [0.1, 0.15) is 0 Å². The van der Waals surface area contributed by atoms with Crippen LogP contribution in [0.1, 0.15) is 76.8 Å². The van der Waals surface area contributed by atoms with Gasteiger partial charge in [-0.25, -0.2) is 0 Å². The highest BCUT2D eigenvalue weighted by Gasteiger charge is 2.02. The van der Waals surface area contributed by atoms with Crippen molar-refractivity contribution in [2.45, 2.75) is 76.2 Å². The normalized spacial score (nSPS) is 12.5. The van der Waals surface area contributed by atoms with E-state index < -0.39 is 0 Å². The molecule has 0 fully saturated rings. The van der Waals surface area contributed by atoms with E-state index in [0.717, 1.165) is 0 Å². The lowest BCUT2D eigenvalue weighted by molar-refractivity contribution is 0.586. The molecule has 120 valence electrons. The molecular formula is C19H33NS. The van der Waals surface area contributed by atoms with Crippen molar-refractivity contribution in [1.29, 1.82) is 0 Å². The lowest BCUT2D eigenvalue weighted by Crippen LogP contribution is -2.11. The SMILES string of the molecule is CCCCCCCCCCSc1ccc(C(C)NC)cc1. The molecule has 1 aromatic rings. The number of unbranched alkanes of at least 4 members (excludes halogenated alkanes) is 7. The quantitative estimate of drug-likeness (QED) is 0.364. The zero-order valence-corrected chi connectivity index (χ0v) is 15.0. The number of rotatable bonds is 12. The first-order chi connectivity index (χ1) is 10.3. The van der Waals surface area contributed by atoms with Gasteiger partial charge < -0.3 is 5.32 Å². The van der Waals surface area contributed by atoms with Crippen LogP contribution >= 0.6 is 11.8 Å². The highest BCUT2D eigenvalue weighted by molar-refractivity contribution is 7.99. The van der Waals surface area contributed by atoms with Crippen LogP contribution in [0.4, 0.5) is 0 Å². The molecule has 21 heavy (non-hydrogen) atoms. The van der Waals surface area contributed by atoms with E-state index in [2.05, 4.69) is 43.4 Å². The van der Waals surface area contributed by atoms with Crippen molar-refractivity contribution in [1.82, 2.24) is 5.32 Å². The largest absolute Gasteiger partial charge is 0.313 e. The molecule has 0 aliphatic rings. The molecular weight excluding hydrogens is 274 g/mol. The fraction of sp³-hybridized carbons (Fsp3) is 0.684. The van der Waals surface area contributed by atoms with Gasteiger partial charge in [-0.3, -0.25) is 0 Å². The van der Waals surface area contributed by atoms with E-state index in [-0.39, 0.29) is 0 Å². The molecule has 1 nitrogen and oxygen atoms in total. The molecule has 0 aromatic heterocycles. The Morgan fingerprint density at radius 2 is 1.48 bits per heavy atom. The van der Waals surface area contributed by atoms with Crippen LogP contribution in [-0.4, -0.2) is 12.8 Å². The Hall–Kier alpha value is -0.470. The van der Waals surface area contributed by atoms with Crippen LogP contribution in [0.3, 0.4) is 0 Å². The smallest absolute Gasteiger partial charge is 0.0289 e. The van der Waals surface area contributed by atoms with Crippen LogP contribution in [0.5, 0.6) is 0 Å². The second-order valence-corrected chi connectivity index (χ2v) is 7.07. The molecule has 0 heterocycles. The average Bonchev–Trinajstić information content (AvgIpc) is 2.53. The first kappa shape index (κ1) is 18.6. The second-order valence-electron chi connectivity index (χ2n) is 5.90. The zero-order chi connectivity index (χ0) is 15.3. The van der Waals surface area contributed by atoms with Crippen molar-refractivity contribution in [3.63, 3.8) is 0 Å². The van der Waals surface area contributed by atoms with Crippen LogP contribution in [0, 0.1) is 0 Å². The van der Waals surface area contributed by atoms with Gasteiger partial charge in [0.15, 0.2) is 0 Å². The first-order valence-corrected chi connectivity index (χ1v) is 9.66. The molecule has 0 aliphatic carbocycles. The van der Waals surface area contributed by atoms with Gasteiger partial charge in [-0.05, 0) is 43.8 Å². The number of nitrogens with one attached hydrogen (secondary N) is 1. The summed E-state index contributed by atoms with van der Waals surface area (Å²) in [5, 5.41) is 3.28. The molecule has 0 saturated carbocycles. The van der Waals surface area contributed by atoms with Crippen LogP contribution in [0.25, 0.3) is 0 Å². The summed E-state index contributed by atoms with van der Waals surface area (Å²) in [5.41, 5.74) is 1.37. The minimum Gasteiger partial charge on any atom is -0.313 e. The Bertz CT molecular complexity index is 347. The number of hydrogen-bond acceptors (Lipinski definition) is 2. The lowest BCUT2D eigenvalue weighted by atomic mass is 10.1. The Kier molecular flexibility index (Phi) is 10.7. The van der Waals surface area contributed by atoms with Crippen LogP contribution in [0.2, 0.25) is 0 Å². The predicted molar refractivity (Wildman–Crippen MR) is 97.3 cm³/mol. The van der Waals surface area contributed by atoms with Crippen molar-refractivity contribution in [3.8, 4) is 0 Å². The zero-order valence-electron chi connectivity index (χ0n) is 14.2. The van der Waals surface area contributed by atoms with Gasteiger partial charge in [0.25, 0.3) is 0 Å². The van der Waals surface area contributed by atoms with Crippen molar-refractivity contribution >= 4 is 11.8 Å². The molecule has 0 saturated heterocycles. The average molecular weight is 308 g/mol. The maximum absolute atomic E-state index is 3.28. The second kappa shape index (κ2) is 12.1. The summed E-state index contributed by atoms with van der Waals surface area (Å²) in [7, 11) is 2.01. The van der Waals surface area contributed by atoms with Crippen molar-refractivity contribution in [2.24, 2.45) is 0 Å². The summed E-state index contributed by atoms with van der Waals surface area (Å²) in [6, 6.07) is 9.46. The molecule has 0 radical (unpaired) electrons. The monoisotopic (exact) mass is 307 g/mol. The Balaban J connectivity index is 2.05. The molecule has 0 amide bonds. The van der Waals surface area contributed by atoms with Crippen molar-refractivity contribution in [3.05, 3.63) is 29.8 Å². The maximum atomic E-state index is 3.28. The first-order valence-electron chi connectivity index (χ1n) is 8.68. The predicted octanol–water partition coefficient (Wildman–Crippen LogP) is 6.20. The molecule has 1 atom stereocenters. The van der Waals surface area contributed by atoms with E-state index in [1.165, 1.54) is 67.6 Å². The lowest BCUT2D eigenvalue weighted by Gasteiger charge is -2.11. The van der Waals surface area contributed by atoms with E-state index in [9.17, 15) is 0 Å². The summed E-state index contributed by atoms with van der Waals surface area (Å²) < 4.78 is 0. The van der Waals surface area contributed by atoms with E-state index in [1.807, 2.05) is 18.8 Å². The van der Waals surface area contributed by atoms with E-state index >= 15 is 0 Å². The van der Waals surface area contributed by atoms with E-state index in [4.69, 9.17) is 0 Å². The Morgan fingerprint density at radius 3 is 2.05 bits per heavy atom. The minimum absolute atomic E-state index is 0.441. The molecule has 1 aromatic carbocycles. The third-order valence-corrected chi connectivity index (χ3v) is 5.18. The van der Waals surface area contributed by atoms with Gasteiger partial charge in [-0.2, -0.15) is 0 Å². The van der Waals surface area contributed by atoms with Gasteiger partial charge >= 0.3 is 0 Å². The highest BCUT2D eigenvalue weighted by Crippen LogP contribution is 2.22. The maximum Gasteiger partial charge on any atom is 0.0289 e. The van der Waals surface area contributed by atoms with Crippen LogP contribution < -0.4 is 5.32 Å². The molecule has 1 rings (SSSR count). The summed E-state index contributed by atoms with van der Waals surface area (Å²) in [4.78, 5) is 1.41. The molecule has 2 heteroatoms. The van der Waals surface area contributed by atoms with Gasteiger partial charge in [0, 0.05) is 10.9 Å². The van der Waals surface area contributed by atoms with Gasteiger partial charge in [0.2, 0.25) is 0 Å². The van der Waals surface area contributed by atoms with Crippen molar-refractivity contribution < 1.29 is 0 Å². The summed E-state index contributed by atoms with van der Waals surface area (Å²) in [6.07, 6.45) is 11.2. The minimum atomic E-state index is 0.441. The van der Waals surface area contributed by atoms with E-state index in [0.29, 0.717) is 6.04 Å². The molecule has 1 unspecified atom stereocenters. The van der Waals surface area contributed by atoms with Gasteiger partial charge in [-0.15, -0.1) is 11.8 Å². The molecule has 0 spiro atoms. The summed E-state index contributed by atoms with van der Waals surface area (Å²) in [6.45, 7) is 4.48.